The summed E-state index contributed by atoms with van der Waals surface area (Å²) in [5.41, 5.74) is 1.35. The third-order valence-electron chi connectivity index (χ3n) is 5.28. The second kappa shape index (κ2) is 7.71. The van der Waals surface area contributed by atoms with Gasteiger partial charge in [-0.05, 0) is 61.4 Å². The molecule has 1 N–H and O–H groups in total. The molecule has 0 spiro atoms. The highest BCUT2D eigenvalue weighted by atomic mass is 32.2. The molecule has 23 heavy (non-hydrogen) atoms. The number of carbonyl (C=O) groups excluding carboxylic acids is 1. The van der Waals surface area contributed by atoms with Crippen LogP contribution < -0.4 is 5.32 Å². The van der Waals surface area contributed by atoms with Crippen molar-refractivity contribution in [2.75, 3.05) is 31.9 Å². The molecule has 0 saturated carbocycles. The Morgan fingerprint density at radius 1 is 1.17 bits per heavy atom. The average Bonchev–Trinajstić information content (AvgIpc) is 2.91. The highest BCUT2D eigenvalue weighted by Gasteiger charge is 2.31. The molecule has 2 aliphatic rings. The Morgan fingerprint density at radius 3 is 2.35 bits per heavy atom. The molecule has 3 rings (SSSR count). The van der Waals surface area contributed by atoms with Gasteiger partial charge in [0.15, 0.2) is 0 Å². The van der Waals surface area contributed by atoms with Crippen LogP contribution in [0, 0.1) is 11.8 Å². The van der Waals surface area contributed by atoms with Gasteiger partial charge in [-0.25, -0.2) is 0 Å². The van der Waals surface area contributed by atoms with E-state index in [1.807, 2.05) is 0 Å². The number of benzene rings is 1. The highest BCUT2D eigenvalue weighted by molar-refractivity contribution is 8.00. The number of hydrogen-bond donors (Lipinski definition) is 1. The zero-order valence-corrected chi connectivity index (χ0v) is 15.1. The summed E-state index contributed by atoms with van der Waals surface area (Å²) in [6.07, 6.45) is 2.33. The van der Waals surface area contributed by atoms with Crippen LogP contribution in [0.25, 0.3) is 0 Å². The van der Waals surface area contributed by atoms with E-state index in [0.717, 1.165) is 50.9 Å². The first kappa shape index (κ1) is 16.8. The number of amides is 1. The van der Waals surface area contributed by atoms with Crippen LogP contribution in [0.5, 0.6) is 0 Å². The van der Waals surface area contributed by atoms with E-state index in [4.69, 9.17) is 0 Å². The van der Waals surface area contributed by atoms with Crippen molar-refractivity contribution < 1.29 is 4.79 Å². The summed E-state index contributed by atoms with van der Waals surface area (Å²) in [6, 6.07) is 8.65. The van der Waals surface area contributed by atoms with Crippen molar-refractivity contribution in [1.29, 1.82) is 0 Å². The van der Waals surface area contributed by atoms with Crippen LogP contribution in [-0.4, -0.2) is 42.7 Å². The fourth-order valence-corrected chi connectivity index (χ4v) is 4.45. The minimum absolute atomic E-state index is 0.302. The van der Waals surface area contributed by atoms with Gasteiger partial charge in [0.1, 0.15) is 0 Å². The van der Waals surface area contributed by atoms with Crippen molar-refractivity contribution in [3.8, 4) is 0 Å². The maximum Gasteiger partial charge on any atom is 0.232 e. The van der Waals surface area contributed by atoms with Crippen molar-refractivity contribution in [1.82, 2.24) is 10.2 Å². The lowest BCUT2D eigenvalue weighted by atomic mass is 9.92. The van der Waals surface area contributed by atoms with E-state index < -0.39 is 0 Å². The van der Waals surface area contributed by atoms with Crippen LogP contribution in [0.2, 0.25) is 0 Å². The van der Waals surface area contributed by atoms with Crippen LogP contribution in [0.1, 0.15) is 38.2 Å². The van der Waals surface area contributed by atoms with Crippen LogP contribution >= 0.6 is 11.8 Å². The molecule has 2 atom stereocenters. The topological polar surface area (TPSA) is 32.3 Å². The molecule has 1 aromatic carbocycles. The Balaban J connectivity index is 1.49. The first-order chi connectivity index (χ1) is 11.1. The molecule has 1 aromatic rings. The molecule has 0 radical (unpaired) electrons. The van der Waals surface area contributed by atoms with Crippen molar-refractivity contribution >= 4 is 17.7 Å². The molecule has 1 amide bonds. The van der Waals surface area contributed by atoms with Crippen molar-refractivity contribution in [2.24, 2.45) is 11.8 Å². The number of nitrogens with one attached hydrogen (secondary N) is 1. The summed E-state index contributed by atoms with van der Waals surface area (Å²) in [7, 11) is 0. The molecular weight excluding hydrogens is 304 g/mol. The van der Waals surface area contributed by atoms with Crippen LogP contribution in [0.3, 0.4) is 0 Å². The third-order valence-corrected chi connectivity index (χ3v) is 6.28. The minimum Gasteiger partial charge on any atom is -0.342 e. The lowest BCUT2D eigenvalue weighted by Crippen LogP contribution is -2.34. The number of carbonyl (C=O) groups is 1. The molecule has 2 saturated heterocycles. The van der Waals surface area contributed by atoms with Crippen LogP contribution in [0.4, 0.5) is 0 Å². The van der Waals surface area contributed by atoms with Gasteiger partial charge < -0.3 is 10.2 Å². The molecule has 3 nitrogen and oxygen atoms in total. The van der Waals surface area contributed by atoms with E-state index in [1.165, 1.54) is 10.5 Å². The molecule has 0 bridgehead atoms. The summed E-state index contributed by atoms with van der Waals surface area (Å²) < 4.78 is 0. The monoisotopic (exact) mass is 332 g/mol. The zero-order chi connectivity index (χ0) is 16.2. The fraction of sp³-hybridized carbons (Fsp3) is 0.632. The summed E-state index contributed by atoms with van der Waals surface area (Å²) in [5.74, 6) is 2.99. The number of rotatable bonds is 4. The quantitative estimate of drug-likeness (QED) is 0.858. The average molecular weight is 333 g/mol. The largest absolute Gasteiger partial charge is 0.342 e. The second-order valence-corrected chi connectivity index (χ2v) is 8.20. The number of hydrogen-bond acceptors (Lipinski definition) is 3. The fourth-order valence-electron chi connectivity index (χ4n) is 3.65. The summed E-state index contributed by atoms with van der Waals surface area (Å²) in [4.78, 5) is 15.8. The first-order valence-electron chi connectivity index (χ1n) is 8.84. The molecule has 0 aromatic heterocycles. The first-order valence-corrected chi connectivity index (χ1v) is 9.83. The van der Waals surface area contributed by atoms with E-state index in [-0.39, 0.29) is 0 Å². The van der Waals surface area contributed by atoms with Crippen molar-refractivity contribution in [3.63, 3.8) is 0 Å². The SMILES string of the molecule is CC(C)c1ccc(SCC(=O)N2CC[C@@H]3CNC[C@@H]3CC2)cc1. The number of fused-ring (bicyclic) bond motifs is 1. The van der Waals surface area contributed by atoms with Crippen molar-refractivity contribution in [2.45, 2.75) is 37.5 Å². The number of nitrogens with zero attached hydrogens (tertiary/aromatic N) is 1. The molecular formula is C19H28N2OS. The van der Waals surface area contributed by atoms with E-state index in [2.05, 4.69) is 48.3 Å². The summed E-state index contributed by atoms with van der Waals surface area (Å²) >= 11 is 1.67. The number of likely N-dealkylation sites (tertiary alicyclic amines) is 1. The molecule has 2 aliphatic heterocycles. The Labute approximate surface area is 144 Å². The van der Waals surface area contributed by atoms with E-state index in [1.54, 1.807) is 11.8 Å². The van der Waals surface area contributed by atoms with Gasteiger partial charge in [-0.15, -0.1) is 11.8 Å². The van der Waals surface area contributed by atoms with Gasteiger partial charge in [-0.1, -0.05) is 26.0 Å². The van der Waals surface area contributed by atoms with Gasteiger partial charge >= 0.3 is 0 Å². The Bertz CT molecular complexity index is 515. The normalized spacial score (nSPS) is 24.6. The second-order valence-electron chi connectivity index (χ2n) is 7.15. The molecule has 126 valence electrons. The maximum atomic E-state index is 12.5. The predicted octanol–water partition coefficient (Wildman–Crippen LogP) is 3.36. The van der Waals surface area contributed by atoms with E-state index in [9.17, 15) is 4.79 Å². The van der Waals surface area contributed by atoms with Crippen LogP contribution in [0.15, 0.2) is 29.2 Å². The molecule has 0 unspecified atom stereocenters. The number of thioether (sulfide) groups is 1. The lowest BCUT2D eigenvalue weighted by molar-refractivity contribution is -0.128. The zero-order valence-electron chi connectivity index (χ0n) is 14.3. The van der Waals surface area contributed by atoms with Crippen molar-refractivity contribution in [3.05, 3.63) is 29.8 Å². The minimum atomic E-state index is 0.302. The molecule has 4 heteroatoms. The van der Waals surface area contributed by atoms with Gasteiger partial charge in [-0.2, -0.15) is 0 Å². The van der Waals surface area contributed by atoms with Gasteiger partial charge in [0.2, 0.25) is 5.91 Å². The summed E-state index contributed by atoms with van der Waals surface area (Å²) in [5, 5.41) is 3.49. The molecule has 2 heterocycles. The molecule has 2 fully saturated rings. The maximum absolute atomic E-state index is 12.5. The van der Waals surface area contributed by atoms with E-state index in [0.29, 0.717) is 17.6 Å². The Kier molecular flexibility index (Phi) is 5.65. The van der Waals surface area contributed by atoms with E-state index >= 15 is 0 Å². The van der Waals surface area contributed by atoms with Gasteiger partial charge in [0.05, 0.1) is 5.75 Å². The highest BCUT2D eigenvalue weighted by Crippen LogP contribution is 2.28. The predicted molar refractivity (Wildman–Crippen MR) is 96.9 cm³/mol. The van der Waals surface area contributed by atoms with Crippen LogP contribution in [-0.2, 0) is 4.79 Å². The molecule has 0 aliphatic carbocycles. The van der Waals surface area contributed by atoms with Gasteiger partial charge in [0, 0.05) is 18.0 Å². The Morgan fingerprint density at radius 2 is 1.78 bits per heavy atom. The van der Waals surface area contributed by atoms with Gasteiger partial charge in [-0.3, -0.25) is 4.79 Å². The summed E-state index contributed by atoms with van der Waals surface area (Å²) in [6.45, 7) is 8.57. The smallest absolute Gasteiger partial charge is 0.232 e. The lowest BCUT2D eigenvalue weighted by Gasteiger charge is -2.20. The Hall–Kier alpha value is -1.00. The van der Waals surface area contributed by atoms with Gasteiger partial charge in [0.25, 0.3) is 0 Å². The standard InChI is InChI=1S/C19H28N2OS/c1-14(2)15-3-5-18(6-4-15)23-13-19(22)21-9-7-16-11-20-12-17(16)8-10-21/h3-6,14,16-17,20H,7-13H2,1-2H3/t16-,17+. The third kappa shape index (κ3) is 4.30.